The smallest absolute Gasteiger partial charge is 0.243 e. The van der Waals surface area contributed by atoms with Crippen molar-refractivity contribution in [1.29, 1.82) is 0 Å². The summed E-state index contributed by atoms with van der Waals surface area (Å²) < 4.78 is 26.2. The molecule has 1 aliphatic heterocycles. The maximum atomic E-state index is 12.5. The van der Waals surface area contributed by atoms with E-state index in [1.54, 1.807) is 12.1 Å². The van der Waals surface area contributed by atoms with E-state index in [9.17, 15) is 13.2 Å². The number of nitrogens with two attached hydrogens (primary N) is 1. The predicted molar refractivity (Wildman–Crippen MR) is 78.7 cm³/mol. The zero-order chi connectivity index (χ0) is 14.8. The Morgan fingerprint density at radius 3 is 2.50 bits per heavy atom. The third kappa shape index (κ3) is 3.14. The molecule has 1 heterocycles. The molecule has 1 aromatic rings. The Labute approximate surface area is 123 Å². The minimum absolute atomic E-state index is 0.133. The van der Waals surface area contributed by atoms with Crippen molar-refractivity contribution in [2.24, 2.45) is 5.73 Å². The second-order valence-electron chi connectivity index (χ2n) is 4.39. The number of hydrogen-bond acceptors (Lipinski definition) is 4. The molecule has 0 radical (unpaired) electrons. The summed E-state index contributed by atoms with van der Waals surface area (Å²) in [6, 6.07) is 6.11. The molecule has 108 valence electrons. The van der Waals surface area contributed by atoms with E-state index in [1.807, 2.05) is 0 Å². The molecule has 2 rings (SSSR count). The van der Waals surface area contributed by atoms with E-state index < -0.39 is 10.0 Å². The van der Waals surface area contributed by atoms with Gasteiger partial charge in [-0.1, -0.05) is 24.4 Å². The summed E-state index contributed by atoms with van der Waals surface area (Å²) in [4.78, 5) is 11.6. The fourth-order valence-corrected chi connectivity index (χ4v) is 3.50. The molecule has 0 unspecified atom stereocenters. The minimum atomic E-state index is -3.59. The average molecular weight is 313 g/mol. The molecule has 8 heteroatoms. The van der Waals surface area contributed by atoms with Gasteiger partial charge in [-0.15, -0.1) is 0 Å². The molecule has 1 aromatic carbocycles. The maximum Gasteiger partial charge on any atom is 0.243 e. The van der Waals surface area contributed by atoms with Gasteiger partial charge in [0.05, 0.1) is 4.90 Å². The summed E-state index contributed by atoms with van der Waals surface area (Å²) in [5.74, 6) is -0.133. The van der Waals surface area contributed by atoms with Crippen LogP contribution in [0.3, 0.4) is 0 Å². The lowest BCUT2D eigenvalue weighted by molar-refractivity contribution is -0.120. The van der Waals surface area contributed by atoms with E-state index in [-0.39, 0.29) is 35.3 Å². The van der Waals surface area contributed by atoms with E-state index in [0.717, 1.165) is 0 Å². The van der Waals surface area contributed by atoms with Crippen LogP contribution in [0, 0.1) is 0 Å². The lowest BCUT2D eigenvalue weighted by Gasteiger charge is -2.19. The second-order valence-corrected chi connectivity index (χ2v) is 6.77. The molecule has 0 bridgehead atoms. The summed E-state index contributed by atoms with van der Waals surface area (Å²) in [6.07, 6.45) is 0.171. The van der Waals surface area contributed by atoms with Crippen LogP contribution in [0.4, 0.5) is 0 Å². The zero-order valence-corrected chi connectivity index (χ0v) is 12.3. The van der Waals surface area contributed by atoms with Gasteiger partial charge in [0, 0.05) is 31.6 Å². The van der Waals surface area contributed by atoms with Gasteiger partial charge in [0.2, 0.25) is 15.9 Å². The van der Waals surface area contributed by atoms with Gasteiger partial charge in [-0.3, -0.25) is 4.79 Å². The molecule has 0 aromatic heterocycles. The van der Waals surface area contributed by atoms with Gasteiger partial charge in [-0.25, -0.2) is 8.42 Å². The Balaban J connectivity index is 2.25. The summed E-state index contributed by atoms with van der Waals surface area (Å²) in [7, 11) is -3.59. The number of sulfonamides is 1. The number of thiocarbonyl (C=S) groups is 1. The van der Waals surface area contributed by atoms with E-state index in [1.165, 1.54) is 16.4 Å². The van der Waals surface area contributed by atoms with Crippen LogP contribution in [-0.4, -0.2) is 43.3 Å². The molecule has 6 nitrogen and oxygen atoms in total. The van der Waals surface area contributed by atoms with Gasteiger partial charge >= 0.3 is 0 Å². The van der Waals surface area contributed by atoms with Crippen LogP contribution in [0.15, 0.2) is 29.2 Å². The maximum absolute atomic E-state index is 12.5. The third-order valence-corrected chi connectivity index (χ3v) is 5.20. The highest BCUT2D eigenvalue weighted by atomic mass is 32.2. The molecular weight excluding hydrogens is 298 g/mol. The molecule has 1 aliphatic rings. The standard InChI is InChI=1S/C12H15N3O3S2/c13-12(19)9-1-3-10(4-2-9)20(17,18)15-7-5-11(16)14-6-8-15/h1-4H,5-8H2,(H2,13,19)(H,14,16). The fraction of sp³-hybridized carbons (Fsp3) is 0.333. The Kier molecular flexibility index (Phi) is 4.36. The van der Waals surface area contributed by atoms with Gasteiger partial charge in [0.15, 0.2) is 0 Å². The van der Waals surface area contributed by atoms with Gasteiger partial charge in [-0.05, 0) is 12.1 Å². The van der Waals surface area contributed by atoms with Crippen molar-refractivity contribution in [2.75, 3.05) is 19.6 Å². The Morgan fingerprint density at radius 2 is 1.90 bits per heavy atom. The van der Waals surface area contributed by atoms with Gasteiger partial charge in [0.1, 0.15) is 4.99 Å². The Bertz CT molecular complexity index is 626. The molecule has 0 atom stereocenters. The average Bonchev–Trinajstić information content (AvgIpc) is 2.64. The van der Waals surface area contributed by atoms with Crippen molar-refractivity contribution in [1.82, 2.24) is 9.62 Å². The van der Waals surface area contributed by atoms with E-state index in [4.69, 9.17) is 18.0 Å². The number of benzene rings is 1. The lowest BCUT2D eigenvalue weighted by atomic mass is 10.2. The number of nitrogens with one attached hydrogen (secondary N) is 1. The molecule has 0 saturated carbocycles. The fourth-order valence-electron chi connectivity index (χ4n) is 1.93. The van der Waals surface area contributed by atoms with Crippen LogP contribution in [0.25, 0.3) is 0 Å². The summed E-state index contributed by atoms with van der Waals surface area (Å²) in [6.45, 7) is 0.777. The molecule has 3 N–H and O–H groups in total. The highest BCUT2D eigenvalue weighted by Gasteiger charge is 2.26. The van der Waals surface area contributed by atoms with Gasteiger partial charge in [-0.2, -0.15) is 4.31 Å². The van der Waals surface area contributed by atoms with Gasteiger partial charge < -0.3 is 11.1 Å². The number of amides is 1. The van der Waals surface area contributed by atoms with Crippen LogP contribution < -0.4 is 11.1 Å². The number of carbonyl (C=O) groups is 1. The third-order valence-electron chi connectivity index (χ3n) is 3.05. The summed E-state index contributed by atoms with van der Waals surface area (Å²) in [5.41, 5.74) is 6.09. The topological polar surface area (TPSA) is 92.5 Å². The monoisotopic (exact) mass is 313 g/mol. The first-order chi connectivity index (χ1) is 9.41. The SMILES string of the molecule is NC(=S)c1ccc(S(=O)(=O)N2CCNC(=O)CC2)cc1. The van der Waals surface area contributed by atoms with Crippen molar-refractivity contribution in [2.45, 2.75) is 11.3 Å². The summed E-state index contributed by atoms with van der Waals surface area (Å²) >= 11 is 4.83. The molecule has 0 aliphatic carbocycles. The Hall–Kier alpha value is -1.51. The van der Waals surface area contributed by atoms with E-state index in [2.05, 4.69) is 5.32 Å². The number of carbonyl (C=O) groups excluding carboxylic acids is 1. The van der Waals surface area contributed by atoms with Crippen molar-refractivity contribution >= 4 is 33.1 Å². The van der Waals surface area contributed by atoms with Crippen LogP contribution in [0.5, 0.6) is 0 Å². The van der Waals surface area contributed by atoms with Crippen LogP contribution in [0.1, 0.15) is 12.0 Å². The van der Waals surface area contributed by atoms with Crippen LogP contribution in [-0.2, 0) is 14.8 Å². The first kappa shape index (κ1) is 14.9. The molecular formula is C12H15N3O3S2. The summed E-state index contributed by atoms with van der Waals surface area (Å²) in [5, 5.41) is 2.64. The molecule has 20 heavy (non-hydrogen) atoms. The van der Waals surface area contributed by atoms with Crippen molar-refractivity contribution in [3.8, 4) is 0 Å². The first-order valence-electron chi connectivity index (χ1n) is 6.08. The minimum Gasteiger partial charge on any atom is -0.389 e. The highest BCUT2D eigenvalue weighted by molar-refractivity contribution is 7.89. The quantitative estimate of drug-likeness (QED) is 0.756. The normalized spacial score (nSPS) is 17.3. The van der Waals surface area contributed by atoms with Gasteiger partial charge in [0.25, 0.3) is 0 Å². The number of rotatable bonds is 3. The van der Waals surface area contributed by atoms with Crippen molar-refractivity contribution in [3.63, 3.8) is 0 Å². The molecule has 1 fully saturated rings. The largest absolute Gasteiger partial charge is 0.389 e. The highest BCUT2D eigenvalue weighted by Crippen LogP contribution is 2.17. The van der Waals surface area contributed by atoms with Crippen molar-refractivity contribution in [3.05, 3.63) is 29.8 Å². The van der Waals surface area contributed by atoms with Crippen LogP contribution in [0.2, 0.25) is 0 Å². The first-order valence-corrected chi connectivity index (χ1v) is 7.93. The lowest BCUT2D eigenvalue weighted by Crippen LogP contribution is -2.34. The zero-order valence-electron chi connectivity index (χ0n) is 10.7. The van der Waals surface area contributed by atoms with Crippen LogP contribution >= 0.6 is 12.2 Å². The predicted octanol–water partition coefficient (Wildman–Crippen LogP) is -0.169. The Morgan fingerprint density at radius 1 is 1.25 bits per heavy atom. The number of hydrogen-bond donors (Lipinski definition) is 2. The number of nitrogens with zero attached hydrogens (tertiary/aromatic N) is 1. The molecule has 1 saturated heterocycles. The molecule has 0 spiro atoms. The van der Waals surface area contributed by atoms with E-state index in [0.29, 0.717) is 12.1 Å². The van der Waals surface area contributed by atoms with E-state index >= 15 is 0 Å². The molecule has 1 amide bonds. The second kappa shape index (κ2) is 5.86. The van der Waals surface area contributed by atoms with Crippen molar-refractivity contribution < 1.29 is 13.2 Å².